The van der Waals surface area contributed by atoms with Crippen molar-refractivity contribution in [1.29, 1.82) is 0 Å². The molecule has 2 aromatic rings. The Bertz CT molecular complexity index is 750. The fourth-order valence-electron chi connectivity index (χ4n) is 1.91. The summed E-state index contributed by atoms with van der Waals surface area (Å²) in [6.07, 6.45) is 0. The normalized spacial score (nSPS) is 10.3. The van der Waals surface area contributed by atoms with Gasteiger partial charge in [-0.15, -0.1) is 0 Å². The van der Waals surface area contributed by atoms with Crippen LogP contribution < -0.4 is 10.6 Å². The number of nitrogens with zero attached hydrogens (tertiary/aromatic N) is 1. The second kappa shape index (κ2) is 8.56. The lowest BCUT2D eigenvalue weighted by atomic mass is 10.2. The molecule has 0 spiro atoms. The second-order valence-electron chi connectivity index (χ2n) is 5.07. The molecule has 1 aromatic carbocycles. The lowest BCUT2D eigenvalue weighted by Gasteiger charge is -2.08. The standard InChI is InChI=1S/C17H18BrN3O3/c1-11-6-7-12(10-13(11)18)20-17(23)15-5-3-4-14(21-15)16(22)19-8-9-24-2/h3-7,10H,8-9H2,1-2H3,(H,19,22)(H,20,23). The van der Waals surface area contributed by atoms with E-state index in [0.717, 1.165) is 10.0 Å². The highest BCUT2D eigenvalue weighted by molar-refractivity contribution is 9.10. The van der Waals surface area contributed by atoms with Gasteiger partial charge in [0.1, 0.15) is 11.4 Å². The molecule has 6 nitrogen and oxygen atoms in total. The average Bonchev–Trinajstić information content (AvgIpc) is 2.58. The van der Waals surface area contributed by atoms with Gasteiger partial charge in [-0.2, -0.15) is 0 Å². The van der Waals surface area contributed by atoms with E-state index in [9.17, 15) is 9.59 Å². The number of carbonyl (C=O) groups excluding carboxylic acids is 2. The van der Waals surface area contributed by atoms with Crippen molar-refractivity contribution >= 4 is 33.4 Å². The van der Waals surface area contributed by atoms with E-state index < -0.39 is 0 Å². The van der Waals surface area contributed by atoms with Gasteiger partial charge in [-0.3, -0.25) is 9.59 Å². The molecule has 0 radical (unpaired) electrons. The zero-order valence-corrected chi connectivity index (χ0v) is 15.0. The molecule has 7 heteroatoms. The topological polar surface area (TPSA) is 80.3 Å². The van der Waals surface area contributed by atoms with Gasteiger partial charge in [-0.1, -0.05) is 28.1 Å². The Hall–Kier alpha value is -2.25. The Labute approximate surface area is 148 Å². The van der Waals surface area contributed by atoms with Crippen molar-refractivity contribution in [2.45, 2.75) is 6.92 Å². The quantitative estimate of drug-likeness (QED) is 0.741. The van der Waals surface area contributed by atoms with Crippen LogP contribution in [-0.2, 0) is 4.74 Å². The van der Waals surface area contributed by atoms with E-state index in [2.05, 4.69) is 31.5 Å². The molecule has 2 amide bonds. The van der Waals surface area contributed by atoms with Gasteiger partial charge in [-0.25, -0.2) is 4.98 Å². The fraction of sp³-hybridized carbons (Fsp3) is 0.235. The van der Waals surface area contributed by atoms with Gasteiger partial charge in [0.2, 0.25) is 0 Å². The maximum atomic E-state index is 12.3. The summed E-state index contributed by atoms with van der Waals surface area (Å²) in [4.78, 5) is 28.4. The molecule has 0 aliphatic carbocycles. The van der Waals surface area contributed by atoms with Crippen LogP contribution in [0, 0.1) is 6.92 Å². The minimum atomic E-state index is -0.378. The van der Waals surface area contributed by atoms with E-state index in [0.29, 0.717) is 18.8 Å². The summed E-state index contributed by atoms with van der Waals surface area (Å²) in [5.74, 6) is -0.725. The van der Waals surface area contributed by atoms with Gasteiger partial charge in [0.05, 0.1) is 6.61 Å². The first-order chi connectivity index (χ1) is 11.5. The van der Waals surface area contributed by atoms with Crippen molar-refractivity contribution in [2.75, 3.05) is 25.6 Å². The third-order valence-corrected chi connectivity index (χ3v) is 4.09. The summed E-state index contributed by atoms with van der Waals surface area (Å²) in [5.41, 5.74) is 2.07. The highest BCUT2D eigenvalue weighted by Crippen LogP contribution is 2.21. The number of amides is 2. The largest absolute Gasteiger partial charge is 0.383 e. The first-order valence-electron chi connectivity index (χ1n) is 7.33. The Kier molecular flexibility index (Phi) is 6.45. The van der Waals surface area contributed by atoms with Crippen molar-refractivity contribution < 1.29 is 14.3 Å². The molecule has 0 unspecified atom stereocenters. The molecule has 1 aromatic heterocycles. The first kappa shape index (κ1) is 18.1. The van der Waals surface area contributed by atoms with Crippen molar-refractivity contribution in [3.8, 4) is 0 Å². The monoisotopic (exact) mass is 391 g/mol. The number of hydrogen-bond donors (Lipinski definition) is 2. The van der Waals surface area contributed by atoms with Crippen LogP contribution in [0.15, 0.2) is 40.9 Å². The molecular weight excluding hydrogens is 374 g/mol. The van der Waals surface area contributed by atoms with Crippen LogP contribution in [0.5, 0.6) is 0 Å². The van der Waals surface area contributed by atoms with Gasteiger partial charge in [-0.05, 0) is 36.8 Å². The number of hydrogen-bond acceptors (Lipinski definition) is 4. The van der Waals surface area contributed by atoms with Crippen molar-refractivity contribution in [3.05, 3.63) is 57.8 Å². The maximum absolute atomic E-state index is 12.3. The zero-order chi connectivity index (χ0) is 17.5. The molecule has 2 rings (SSSR count). The highest BCUT2D eigenvalue weighted by Gasteiger charge is 2.12. The molecule has 0 saturated heterocycles. The number of methoxy groups -OCH3 is 1. The molecular formula is C17H18BrN3O3. The van der Waals surface area contributed by atoms with E-state index in [1.165, 1.54) is 0 Å². The maximum Gasteiger partial charge on any atom is 0.274 e. The number of aromatic nitrogens is 1. The predicted octanol–water partition coefficient (Wildman–Crippen LogP) is 2.78. The van der Waals surface area contributed by atoms with Crippen LogP contribution in [0.25, 0.3) is 0 Å². The summed E-state index contributed by atoms with van der Waals surface area (Å²) in [6, 6.07) is 10.3. The summed E-state index contributed by atoms with van der Waals surface area (Å²) in [7, 11) is 1.55. The van der Waals surface area contributed by atoms with Crippen LogP contribution in [0.1, 0.15) is 26.5 Å². The summed E-state index contributed by atoms with van der Waals surface area (Å²) >= 11 is 3.42. The van der Waals surface area contributed by atoms with Crippen molar-refractivity contribution in [3.63, 3.8) is 0 Å². The number of nitrogens with one attached hydrogen (secondary N) is 2. The van der Waals surface area contributed by atoms with E-state index >= 15 is 0 Å². The molecule has 0 bridgehead atoms. The number of benzene rings is 1. The van der Waals surface area contributed by atoms with E-state index in [1.807, 2.05) is 19.1 Å². The van der Waals surface area contributed by atoms with E-state index in [4.69, 9.17) is 4.74 Å². The third-order valence-electron chi connectivity index (χ3n) is 3.24. The Morgan fingerprint density at radius 2 is 1.88 bits per heavy atom. The van der Waals surface area contributed by atoms with Crippen molar-refractivity contribution in [1.82, 2.24) is 10.3 Å². The number of anilines is 1. The van der Waals surface area contributed by atoms with Gasteiger partial charge in [0.25, 0.3) is 11.8 Å². The van der Waals surface area contributed by atoms with Crippen molar-refractivity contribution in [2.24, 2.45) is 0 Å². The molecule has 1 heterocycles. The molecule has 0 atom stereocenters. The Balaban J connectivity index is 2.08. The lowest BCUT2D eigenvalue weighted by Crippen LogP contribution is -2.28. The molecule has 2 N–H and O–H groups in total. The van der Waals surface area contributed by atoms with Gasteiger partial charge in [0.15, 0.2) is 0 Å². The third kappa shape index (κ3) is 4.87. The lowest BCUT2D eigenvalue weighted by molar-refractivity contribution is 0.0932. The number of rotatable bonds is 6. The van der Waals surface area contributed by atoms with Crippen LogP contribution in [0.3, 0.4) is 0 Å². The SMILES string of the molecule is COCCNC(=O)c1cccc(C(=O)Nc2ccc(C)c(Br)c2)n1. The summed E-state index contributed by atoms with van der Waals surface area (Å²) < 4.78 is 5.77. The molecule has 0 saturated carbocycles. The number of carbonyl (C=O) groups is 2. The number of pyridine rings is 1. The Morgan fingerprint density at radius 1 is 1.17 bits per heavy atom. The molecule has 0 aliphatic rings. The second-order valence-corrected chi connectivity index (χ2v) is 5.93. The minimum absolute atomic E-state index is 0.172. The summed E-state index contributed by atoms with van der Waals surface area (Å²) in [6.45, 7) is 2.75. The molecule has 0 aliphatic heterocycles. The Morgan fingerprint density at radius 3 is 2.54 bits per heavy atom. The average molecular weight is 392 g/mol. The van der Waals surface area contributed by atoms with Crippen LogP contribution in [-0.4, -0.2) is 37.1 Å². The van der Waals surface area contributed by atoms with E-state index in [1.54, 1.807) is 31.4 Å². The highest BCUT2D eigenvalue weighted by atomic mass is 79.9. The number of halogens is 1. The minimum Gasteiger partial charge on any atom is -0.383 e. The molecule has 24 heavy (non-hydrogen) atoms. The van der Waals surface area contributed by atoms with Gasteiger partial charge in [0, 0.05) is 23.8 Å². The smallest absolute Gasteiger partial charge is 0.274 e. The van der Waals surface area contributed by atoms with Gasteiger partial charge >= 0.3 is 0 Å². The number of ether oxygens (including phenoxy) is 1. The predicted molar refractivity (Wildman–Crippen MR) is 95.3 cm³/mol. The van der Waals surface area contributed by atoms with Crippen LogP contribution in [0.2, 0.25) is 0 Å². The molecule has 0 fully saturated rings. The zero-order valence-electron chi connectivity index (χ0n) is 13.4. The van der Waals surface area contributed by atoms with Crippen LogP contribution in [0.4, 0.5) is 5.69 Å². The van der Waals surface area contributed by atoms with E-state index in [-0.39, 0.29) is 23.2 Å². The summed E-state index contributed by atoms with van der Waals surface area (Å²) in [5, 5.41) is 5.43. The fourth-order valence-corrected chi connectivity index (χ4v) is 2.29. The number of aryl methyl sites for hydroxylation is 1. The molecule has 126 valence electrons. The van der Waals surface area contributed by atoms with Gasteiger partial charge < -0.3 is 15.4 Å². The van der Waals surface area contributed by atoms with Crippen LogP contribution >= 0.6 is 15.9 Å². The first-order valence-corrected chi connectivity index (χ1v) is 8.12.